The van der Waals surface area contributed by atoms with Crippen LogP contribution < -0.4 is 5.32 Å². The van der Waals surface area contributed by atoms with E-state index in [0.29, 0.717) is 15.8 Å². The van der Waals surface area contributed by atoms with Crippen LogP contribution in [0.3, 0.4) is 0 Å². The molecule has 1 fully saturated rings. The van der Waals surface area contributed by atoms with Gasteiger partial charge in [0.15, 0.2) is 0 Å². The topological polar surface area (TPSA) is 49.3 Å². The highest BCUT2D eigenvalue weighted by Gasteiger charge is 2.44. The number of thioether (sulfide) groups is 1. The molecule has 1 aromatic rings. The number of aliphatic hydroxyl groups is 1. The number of benzene rings is 1. The van der Waals surface area contributed by atoms with Gasteiger partial charge in [-0.3, -0.25) is 4.79 Å². The Kier molecular flexibility index (Phi) is 5.47. The summed E-state index contributed by atoms with van der Waals surface area (Å²) in [5, 5.41) is 14.1. The van der Waals surface area contributed by atoms with Gasteiger partial charge in [0.05, 0.1) is 5.60 Å². The number of rotatable bonds is 6. The van der Waals surface area contributed by atoms with E-state index >= 15 is 0 Å². The molecule has 1 aliphatic carbocycles. The zero-order valence-electron chi connectivity index (χ0n) is 12.0. The maximum absolute atomic E-state index is 12.1. The van der Waals surface area contributed by atoms with Gasteiger partial charge in [0.25, 0.3) is 0 Å². The Labute approximate surface area is 139 Å². The summed E-state index contributed by atoms with van der Waals surface area (Å²) in [5.41, 5.74) is 0.127. The Morgan fingerprint density at radius 1 is 1.43 bits per heavy atom. The average molecular weight is 348 g/mol. The molecule has 1 amide bonds. The van der Waals surface area contributed by atoms with Gasteiger partial charge in [0, 0.05) is 28.3 Å². The molecule has 3 nitrogen and oxygen atoms in total. The lowest BCUT2D eigenvalue weighted by Crippen LogP contribution is -2.43. The molecule has 0 radical (unpaired) electrons. The lowest BCUT2D eigenvalue weighted by Gasteiger charge is -2.22. The lowest BCUT2D eigenvalue weighted by atomic mass is 10.1. The van der Waals surface area contributed by atoms with Crippen molar-refractivity contribution < 1.29 is 9.90 Å². The van der Waals surface area contributed by atoms with Crippen LogP contribution >= 0.6 is 35.0 Å². The molecule has 1 saturated carbocycles. The fourth-order valence-electron chi connectivity index (χ4n) is 2.41. The third-order valence-electron chi connectivity index (χ3n) is 3.54. The zero-order chi connectivity index (χ0) is 15.6. The highest BCUT2D eigenvalue weighted by molar-refractivity contribution is 7.98. The maximum Gasteiger partial charge on any atom is 0.223 e. The molecular formula is C15H19Cl2NO2S. The van der Waals surface area contributed by atoms with Crippen molar-refractivity contribution in [1.82, 2.24) is 5.32 Å². The smallest absolute Gasteiger partial charge is 0.223 e. The van der Waals surface area contributed by atoms with Gasteiger partial charge in [0.1, 0.15) is 0 Å². The van der Waals surface area contributed by atoms with Crippen molar-refractivity contribution in [2.45, 2.75) is 24.9 Å². The minimum absolute atomic E-state index is 0.0162. The molecule has 0 saturated heterocycles. The van der Waals surface area contributed by atoms with Crippen molar-refractivity contribution in [2.24, 2.45) is 5.92 Å². The largest absolute Gasteiger partial charge is 0.387 e. The van der Waals surface area contributed by atoms with Crippen molar-refractivity contribution in [3.63, 3.8) is 0 Å². The number of hydrogen-bond acceptors (Lipinski definition) is 3. The molecule has 21 heavy (non-hydrogen) atoms. The highest BCUT2D eigenvalue weighted by Crippen LogP contribution is 2.48. The minimum atomic E-state index is -0.876. The van der Waals surface area contributed by atoms with E-state index in [0.717, 1.165) is 12.0 Å². The summed E-state index contributed by atoms with van der Waals surface area (Å²) < 4.78 is 0. The summed E-state index contributed by atoms with van der Waals surface area (Å²) in [7, 11) is 0. The summed E-state index contributed by atoms with van der Waals surface area (Å²) in [6.07, 6.45) is 2.73. The third-order valence-corrected chi connectivity index (χ3v) is 4.89. The first kappa shape index (κ1) is 16.9. The summed E-state index contributed by atoms with van der Waals surface area (Å²) in [5.74, 6) is 0.694. The number of hydrogen-bond donors (Lipinski definition) is 2. The summed E-state index contributed by atoms with van der Waals surface area (Å²) in [6, 6.07) is 5.40. The van der Waals surface area contributed by atoms with E-state index in [4.69, 9.17) is 23.2 Å². The average Bonchev–Trinajstić information content (AvgIpc) is 3.15. The fraction of sp³-hybridized carbons (Fsp3) is 0.533. The minimum Gasteiger partial charge on any atom is -0.387 e. The molecule has 3 atom stereocenters. The number of carbonyl (C=O) groups is 1. The van der Waals surface area contributed by atoms with E-state index in [1.54, 1.807) is 24.8 Å². The molecule has 0 aromatic heterocycles. The number of halogens is 2. The molecule has 2 rings (SSSR count). The second kappa shape index (κ2) is 6.78. The van der Waals surface area contributed by atoms with Gasteiger partial charge in [-0.25, -0.2) is 0 Å². The van der Waals surface area contributed by atoms with Crippen molar-refractivity contribution >= 4 is 40.9 Å². The summed E-state index contributed by atoms with van der Waals surface area (Å²) in [4.78, 5) is 12.1. The van der Waals surface area contributed by atoms with E-state index in [9.17, 15) is 9.90 Å². The second-order valence-electron chi connectivity index (χ2n) is 5.80. The molecule has 0 bridgehead atoms. The van der Waals surface area contributed by atoms with E-state index in [1.165, 1.54) is 0 Å². The molecule has 6 heteroatoms. The van der Waals surface area contributed by atoms with Gasteiger partial charge in [-0.2, -0.15) is 11.8 Å². The van der Waals surface area contributed by atoms with Crippen molar-refractivity contribution in [3.05, 3.63) is 33.8 Å². The van der Waals surface area contributed by atoms with E-state index in [1.807, 2.05) is 18.4 Å². The van der Waals surface area contributed by atoms with Crippen molar-refractivity contribution in [1.29, 1.82) is 0 Å². The quantitative estimate of drug-likeness (QED) is 0.829. The van der Waals surface area contributed by atoms with Crippen LogP contribution in [0.2, 0.25) is 10.0 Å². The molecule has 3 unspecified atom stereocenters. The summed E-state index contributed by atoms with van der Waals surface area (Å²) in [6.45, 7) is 2.00. The van der Waals surface area contributed by atoms with Crippen LogP contribution in [-0.2, 0) is 4.79 Å². The molecule has 0 heterocycles. The Morgan fingerprint density at radius 3 is 2.62 bits per heavy atom. The van der Waals surface area contributed by atoms with Gasteiger partial charge in [-0.05, 0) is 49.3 Å². The van der Waals surface area contributed by atoms with Gasteiger partial charge in [-0.15, -0.1) is 0 Å². The van der Waals surface area contributed by atoms with Crippen LogP contribution in [0.5, 0.6) is 0 Å². The SMILES string of the molecule is CSCC(C)(O)CNC(=O)C1CC1c1cc(Cl)cc(Cl)c1. The first-order valence-electron chi connectivity index (χ1n) is 6.77. The monoisotopic (exact) mass is 347 g/mol. The molecule has 1 aromatic carbocycles. The highest BCUT2D eigenvalue weighted by atomic mass is 35.5. The Hall–Kier alpha value is -0.420. The van der Waals surface area contributed by atoms with Crippen LogP contribution in [0.1, 0.15) is 24.8 Å². The predicted molar refractivity (Wildman–Crippen MR) is 89.3 cm³/mol. The van der Waals surface area contributed by atoms with Crippen LogP contribution in [0.15, 0.2) is 18.2 Å². The Bertz CT molecular complexity index is 516. The fourth-order valence-corrected chi connectivity index (χ4v) is 3.68. The molecular weight excluding hydrogens is 329 g/mol. The molecule has 0 spiro atoms. The van der Waals surface area contributed by atoms with Crippen LogP contribution in [-0.4, -0.2) is 35.2 Å². The van der Waals surface area contributed by atoms with E-state index in [-0.39, 0.29) is 24.3 Å². The molecule has 116 valence electrons. The van der Waals surface area contributed by atoms with E-state index in [2.05, 4.69) is 5.32 Å². The van der Waals surface area contributed by atoms with Crippen molar-refractivity contribution in [3.8, 4) is 0 Å². The first-order chi connectivity index (χ1) is 9.82. The van der Waals surface area contributed by atoms with Gasteiger partial charge < -0.3 is 10.4 Å². The maximum atomic E-state index is 12.1. The number of nitrogens with one attached hydrogen (secondary N) is 1. The van der Waals surface area contributed by atoms with Crippen molar-refractivity contribution in [2.75, 3.05) is 18.6 Å². The first-order valence-corrected chi connectivity index (χ1v) is 8.92. The predicted octanol–water partition coefficient (Wildman–Crippen LogP) is 3.33. The molecule has 1 aliphatic rings. The summed E-state index contributed by atoms with van der Waals surface area (Å²) >= 11 is 13.5. The normalized spacial score (nSPS) is 23.5. The van der Waals surface area contributed by atoms with Gasteiger partial charge >= 0.3 is 0 Å². The molecule has 0 aliphatic heterocycles. The Balaban J connectivity index is 1.89. The second-order valence-corrected chi connectivity index (χ2v) is 7.54. The van der Waals surface area contributed by atoms with Crippen LogP contribution in [0.4, 0.5) is 0 Å². The lowest BCUT2D eigenvalue weighted by molar-refractivity contribution is -0.123. The van der Waals surface area contributed by atoms with Gasteiger partial charge in [-0.1, -0.05) is 23.2 Å². The Morgan fingerprint density at radius 2 is 2.05 bits per heavy atom. The van der Waals surface area contributed by atoms with Crippen LogP contribution in [0, 0.1) is 5.92 Å². The third kappa shape index (κ3) is 4.78. The number of carbonyl (C=O) groups excluding carboxylic acids is 1. The number of amides is 1. The standard InChI is InChI=1S/C15H19Cl2NO2S/c1-15(20,8-21-2)7-18-14(19)13-6-12(13)9-3-10(16)5-11(17)4-9/h3-5,12-13,20H,6-8H2,1-2H3,(H,18,19). The van der Waals surface area contributed by atoms with Crippen LogP contribution in [0.25, 0.3) is 0 Å². The van der Waals surface area contributed by atoms with E-state index < -0.39 is 5.60 Å². The van der Waals surface area contributed by atoms with Gasteiger partial charge in [0.2, 0.25) is 5.91 Å². The zero-order valence-corrected chi connectivity index (χ0v) is 14.4. The molecule has 2 N–H and O–H groups in total.